The summed E-state index contributed by atoms with van der Waals surface area (Å²) in [7, 11) is 1.19. The first kappa shape index (κ1) is 10.5. The van der Waals surface area contributed by atoms with Gasteiger partial charge in [0.1, 0.15) is 0 Å². The number of methoxy groups -OCH3 is 1. The summed E-state index contributed by atoms with van der Waals surface area (Å²) >= 11 is 0. The molecule has 2 amide bonds. The number of rotatable bonds is 1. The number of nitrogens with one attached hydrogen (secondary N) is 2. The van der Waals surface area contributed by atoms with Gasteiger partial charge < -0.3 is 9.47 Å². The molecule has 0 saturated carbocycles. The maximum absolute atomic E-state index is 10.7. The highest BCUT2D eigenvalue weighted by Crippen LogP contribution is 1.86. The monoisotopic (exact) mass is 176 g/mol. The third kappa shape index (κ3) is 5.33. The molecule has 0 aliphatic rings. The van der Waals surface area contributed by atoms with E-state index in [9.17, 15) is 9.59 Å². The van der Waals surface area contributed by atoms with Crippen LogP contribution in [0.15, 0.2) is 0 Å². The second-order valence-corrected chi connectivity index (χ2v) is 2.20. The van der Waals surface area contributed by atoms with Gasteiger partial charge in [0.15, 0.2) is 0 Å². The lowest BCUT2D eigenvalue weighted by molar-refractivity contribution is 0.108. The number of carbonyl (C=O) groups is 2. The van der Waals surface area contributed by atoms with E-state index in [0.717, 1.165) is 0 Å². The largest absolute Gasteiger partial charge is 0.452 e. The van der Waals surface area contributed by atoms with Gasteiger partial charge in [0.25, 0.3) is 0 Å². The highest BCUT2D eigenvalue weighted by atomic mass is 16.6. The summed E-state index contributed by atoms with van der Waals surface area (Å²) in [4.78, 5) is 21.1. The van der Waals surface area contributed by atoms with Crippen LogP contribution in [-0.2, 0) is 9.47 Å². The van der Waals surface area contributed by atoms with Crippen molar-refractivity contribution in [2.24, 2.45) is 0 Å². The van der Waals surface area contributed by atoms with E-state index in [1.807, 2.05) is 10.9 Å². The highest BCUT2D eigenvalue weighted by molar-refractivity contribution is 5.73. The summed E-state index contributed by atoms with van der Waals surface area (Å²) in [6, 6.07) is 0. The third-order valence-corrected chi connectivity index (χ3v) is 0.795. The van der Waals surface area contributed by atoms with Crippen LogP contribution in [0.4, 0.5) is 9.59 Å². The van der Waals surface area contributed by atoms with E-state index < -0.39 is 12.2 Å². The number of amides is 2. The fourth-order valence-electron chi connectivity index (χ4n) is 0.397. The molecule has 0 rings (SSSR count). The average Bonchev–Trinajstić information content (AvgIpc) is 1.99. The maximum atomic E-state index is 10.7. The van der Waals surface area contributed by atoms with Crippen molar-refractivity contribution in [3.8, 4) is 0 Å². The number of hydrogen-bond acceptors (Lipinski definition) is 4. The lowest BCUT2D eigenvalue weighted by Crippen LogP contribution is -2.42. The van der Waals surface area contributed by atoms with Crippen LogP contribution in [0.3, 0.4) is 0 Å². The Bertz CT molecular complexity index is 169. The second-order valence-electron chi connectivity index (χ2n) is 2.20. The van der Waals surface area contributed by atoms with Crippen molar-refractivity contribution >= 4 is 12.2 Å². The molecule has 6 nitrogen and oxygen atoms in total. The van der Waals surface area contributed by atoms with Gasteiger partial charge >= 0.3 is 12.2 Å². The van der Waals surface area contributed by atoms with Crippen LogP contribution >= 0.6 is 0 Å². The molecule has 6 heteroatoms. The summed E-state index contributed by atoms with van der Waals surface area (Å²) in [6.45, 7) is 3.38. The molecule has 0 radical (unpaired) electrons. The second kappa shape index (κ2) is 5.22. The smallest absolute Gasteiger partial charge is 0.426 e. The lowest BCUT2D eigenvalue weighted by Gasteiger charge is -2.09. The van der Waals surface area contributed by atoms with Gasteiger partial charge in [0, 0.05) is 0 Å². The van der Waals surface area contributed by atoms with Crippen LogP contribution < -0.4 is 10.9 Å². The van der Waals surface area contributed by atoms with Crippen molar-refractivity contribution in [3.63, 3.8) is 0 Å². The van der Waals surface area contributed by atoms with Crippen molar-refractivity contribution < 1.29 is 19.1 Å². The third-order valence-electron chi connectivity index (χ3n) is 0.795. The molecular formula is C6H12N2O4. The number of hydrogen-bond donors (Lipinski definition) is 2. The summed E-state index contributed by atoms with van der Waals surface area (Å²) in [6.07, 6.45) is -1.71. The predicted octanol–water partition coefficient (Wildman–Crippen LogP) is 0.392. The minimum atomic E-state index is -0.754. The Hall–Kier alpha value is -1.46. The molecule has 0 aromatic rings. The number of carbonyl (C=O) groups excluding carboxylic acids is 2. The van der Waals surface area contributed by atoms with Crippen molar-refractivity contribution in [1.29, 1.82) is 0 Å². The van der Waals surface area contributed by atoms with E-state index >= 15 is 0 Å². The Kier molecular flexibility index (Phi) is 4.59. The molecule has 0 spiro atoms. The first-order valence-electron chi connectivity index (χ1n) is 3.37. The van der Waals surface area contributed by atoms with Crippen LogP contribution in [0, 0.1) is 0 Å². The Morgan fingerprint density at radius 2 is 1.67 bits per heavy atom. The summed E-state index contributed by atoms with van der Waals surface area (Å²) in [5.74, 6) is 0. The Balaban J connectivity index is 3.51. The SMILES string of the molecule is COC(=O)NNC(=O)OC(C)C. The highest BCUT2D eigenvalue weighted by Gasteiger charge is 2.05. The zero-order chi connectivity index (χ0) is 9.56. The molecule has 0 atom stereocenters. The molecule has 0 aliphatic heterocycles. The van der Waals surface area contributed by atoms with Gasteiger partial charge in [-0.3, -0.25) is 0 Å². The van der Waals surface area contributed by atoms with Crippen LogP contribution in [-0.4, -0.2) is 25.4 Å². The van der Waals surface area contributed by atoms with E-state index in [1.54, 1.807) is 13.8 Å². The first-order valence-corrected chi connectivity index (χ1v) is 3.37. The first-order chi connectivity index (χ1) is 5.56. The van der Waals surface area contributed by atoms with E-state index in [1.165, 1.54) is 7.11 Å². The minimum absolute atomic E-state index is 0.232. The Morgan fingerprint density at radius 3 is 2.08 bits per heavy atom. The van der Waals surface area contributed by atoms with E-state index in [4.69, 9.17) is 0 Å². The van der Waals surface area contributed by atoms with Crippen molar-refractivity contribution in [2.45, 2.75) is 20.0 Å². The standard InChI is InChI=1S/C6H12N2O4/c1-4(2)12-6(10)8-7-5(9)11-3/h4H,1-3H3,(H,7,9)(H,8,10). The number of ether oxygens (including phenoxy) is 2. The Labute approximate surface area is 70.2 Å². The van der Waals surface area contributed by atoms with Gasteiger partial charge in [-0.1, -0.05) is 0 Å². The van der Waals surface area contributed by atoms with Gasteiger partial charge in [-0.25, -0.2) is 20.4 Å². The van der Waals surface area contributed by atoms with E-state index in [0.29, 0.717) is 0 Å². The molecule has 0 aromatic carbocycles. The fraction of sp³-hybridized carbons (Fsp3) is 0.667. The molecule has 0 saturated heterocycles. The molecule has 70 valence electrons. The zero-order valence-corrected chi connectivity index (χ0v) is 7.21. The average molecular weight is 176 g/mol. The van der Waals surface area contributed by atoms with Crippen LogP contribution in [0.2, 0.25) is 0 Å². The van der Waals surface area contributed by atoms with E-state index in [-0.39, 0.29) is 6.10 Å². The summed E-state index contributed by atoms with van der Waals surface area (Å²) in [5, 5.41) is 0. The quantitative estimate of drug-likeness (QED) is 0.566. The summed E-state index contributed by atoms with van der Waals surface area (Å²) in [5.41, 5.74) is 3.93. The van der Waals surface area contributed by atoms with Gasteiger partial charge in [-0.05, 0) is 13.8 Å². The molecule has 0 aliphatic carbocycles. The van der Waals surface area contributed by atoms with Crippen molar-refractivity contribution in [3.05, 3.63) is 0 Å². The zero-order valence-electron chi connectivity index (χ0n) is 7.21. The molecular weight excluding hydrogens is 164 g/mol. The normalized spacial score (nSPS) is 9.00. The topological polar surface area (TPSA) is 76.7 Å². The Morgan fingerprint density at radius 1 is 1.17 bits per heavy atom. The molecule has 0 aromatic heterocycles. The van der Waals surface area contributed by atoms with Gasteiger partial charge in [-0.15, -0.1) is 0 Å². The molecule has 0 heterocycles. The number of hydrazine groups is 1. The molecule has 0 fully saturated rings. The fourth-order valence-corrected chi connectivity index (χ4v) is 0.397. The van der Waals surface area contributed by atoms with E-state index in [2.05, 4.69) is 9.47 Å². The molecule has 12 heavy (non-hydrogen) atoms. The van der Waals surface area contributed by atoms with Crippen molar-refractivity contribution in [2.75, 3.05) is 7.11 Å². The van der Waals surface area contributed by atoms with Crippen LogP contribution in [0.25, 0.3) is 0 Å². The van der Waals surface area contributed by atoms with Crippen LogP contribution in [0.1, 0.15) is 13.8 Å². The van der Waals surface area contributed by atoms with Gasteiger partial charge in [-0.2, -0.15) is 0 Å². The summed E-state index contributed by atoms with van der Waals surface area (Å²) < 4.78 is 8.81. The van der Waals surface area contributed by atoms with Gasteiger partial charge in [0.05, 0.1) is 13.2 Å². The maximum Gasteiger partial charge on any atom is 0.426 e. The minimum Gasteiger partial charge on any atom is -0.452 e. The van der Waals surface area contributed by atoms with Crippen molar-refractivity contribution in [1.82, 2.24) is 10.9 Å². The molecule has 0 bridgehead atoms. The molecule has 0 unspecified atom stereocenters. The predicted molar refractivity (Wildman–Crippen MR) is 40.3 cm³/mol. The lowest BCUT2D eigenvalue weighted by atomic mass is 10.5. The molecule has 2 N–H and O–H groups in total. The van der Waals surface area contributed by atoms with Gasteiger partial charge in [0.2, 0.25) is 0 Å². The van der Waals surface area contributed by atoms with Crippen LogP contribution in [0.5, 0.6) is 0 Å².